The van der Waals surface area contributed by atoms with Gasteiger partial charge in [-0.25, -0.2) is 9.97 Å². The fourth-order valence-electron chi connectivity index (χ4n) is 1.48. The lowest BCUT2D eigenvalue weighted by Crippen LogP contribution is -2.25. The highest BCUT2D eigenvalue weighted by Crippen LogP contribution is 2.14. The summed E-state index contributed by atoms with van der Waals surface area (Å²) < 4.78 is 0. The van der Waals surface area contributed by atoms with Crippen LogP contribution in [0.1, 0.15) is 6.92 Å². The van der Waals surface area contributed by atoms with E-state index in [0.717, 1.165) is 17.1 Å². The first-order chi connectivity index (χ1) is 8.29. The van der Waals surface area contributed by atoms with Gasteiger partial charge in [-0.15, -0.1) is 0 Å². The zero-order chi connectivity index (χ0) is 12.1. The summed E-state index contributed by atoms with van der Waals surface area (Å²) in [4.78, 5) is 8.64. The van der Waals surface area contributed by atoms with Crippen molar-refractivity contribution in [3.05, 3.63) is 42.7 Å². The van der Waals surface area contributed by atoms with Crippen LogP contribution in [-0.4, -0.2) is 22.6 Å². The Morgan fingerprint density at radius 2 is 1.82 bits per heavy atom. The van der Waals surface area contributed by atoms with Crippen molar-refractivity contribution in [2.75, 3.05) is 11.9 Å². The number of hydrogen-bond donors (Lipinski definition) is 2. The molecular formula is C13H16N4. The molecule has 0 bridgehead atoms. The van der Waals surface area contributed by atoms with Crippen molar-refractivity contribution in [1.29, 1.82) is 0 Å². The van der Waals surface area contributed by atoms with E-state index in [4.69, 9.17) is 5.73 Å². The van der Waals surface area contributed by atoms with E-state index in [1.54, 1.807) is 12.4 Å². The summed E-state index contributed by atoms with van der Waals surface area (Å²) >= 11 is 0. The summed E-state index contributed by atoms with van der Waals surface area (Å²) in [7, 11) is 0. The first kappa shape index (κ1) is 11.5. The van der Waals surface area contributed by atoms with Crippen LogP contribution in [0.3, 0.4) is 0 Å². The molecular weight excluding hydrogens is 212 g/mol. The smallest absolute Gasteiger partial charge is 0.159 e. The normalized spacial score (nSPS) is 12.1. The Morgan fingerprint density at radius 3 is 2.41 bits per heavy atom. The number of nitrogens with zero attached hydrogens (tertiary/aromatic N) is 2. The minimum Gasteiger partial charge on any atom is -0.379 e. The Bertz CT molecular complexity index is 453. The van der Waals surface area contributed by atoms with Crippen molar-refractivity contribution in [2.45, 2.75) is 13.0 Å². The zero-order valence-electron chi connectivity index (χ0n) is 9.80. The third kappa shape index (κ3) is 3.01. The van der Waals surface area contributed by atoms with Gasteiger partial charge in [0.25, 0.3) is 0 Å². The lowest BCUT2D eigenvalue weighted by molar-refractivity contribution is 0.802. The van der Waals surface area contributed by atoms with E-state index in [0.29, 0.717) is 6.54 Å². The Labute approximate surface area is 101 Å². The lowest BCUT2D eigenvalue weighted by atomic mass is 10.2. The van der Waals surface area contributed by atoms with Gasteiger partial charge in [0, 0.05) is 18.2 Å². The highest BCUT2D eigenvalue weighted by atomic mass is 15.0. The van der Waals surface area contributed by atoms with Gasteiger partial charge in [-0.05, 0) is 6.92 Å². The van der Waals surface area contributed by atoms with Gasteiger partial charge < -0.3 is 11.1 Å². The van der Waals surface area contributed by atoms with Crippen molar-refractivity contribution in [1.82, 2.24) is 9.97 Å². The monoisotopic (exact) mass is 228 g/mol. The molecule has 0 saturated heterocycles. The van der Waals surface area contributed by atoms with Gasteiger partial charge in [0.1, 0.15) is 0 Å². The maximum Gasteiger partial charge on any atom is 0.159 e. The Morgan fingerprint density at radius 1 is 1.18 bits per heavy atom. The molecule has 0 amide bonds. The third-order valence-electron chi connectivity index (χ3n) is 2.45. The lowest BCUT2D eigenvalue weighted by Gasteiger charge is -2.12. The molecule has 4 heteroatoms. The average molecular weight is 228 g/mol. The Hall–Kier alpha value is -1.94. The number of anilines is 1. The van der Waals surface area contributed by atoms with Gasteiger partial charge >= 0.3 is 0 Å². The van der Waals surface area contributed by atoms with Crippen molar-refractivity contribution >= 4 is 5.69 Å². The van der Waals surface area contributed by atoms with Crippen molar-refractivity contribution in [3.63, 3.8) is 0 Å². The van der Waals surface area contributed by atoms with Gasteiger partial charge in [-0.3, -0.25) is 0 Å². The van der Waals surface area contributed by atoms with Crippen LogP contribution in [0.4, 0.5) is 5.69 Å². The number of benzene rings is 1. The molecule has 0 aliphatic carbocycles. The Balaban J connectivity index is 2.13. The molecule has 0 saturated carbocycles. The van der Waals surface area contributed by atoms with Crippen LogP contribution in [0.25, 0.3) is 11.4 Å². The molecule has 0 aliphatic heterocycles. The van der Waals surface area contributed by atoms with Crippen LogP contribution < -0.4 is 11.1 Å². The summed E-state index contributed by atoms with van der Waals surface area (Å²) in [5.41, 5.74) is 7.45. The topological polar surface area (TPSA) is 63.8 Å². The summed E-state index contributed by atoms with van der Waals surface area (Å²) in [6.07, 6.45) is 3.56. The molecule has 4 nitrogen and oxygen atoms in total. The number of nitrogens with two attached hydrogens (primary N) is 1. The predicted octanol–water partition coefficient (Wildman–Crippen LogP) is 1.90. The molecule has 0 fully saturated rings. The standard InChI is InChI=1S/C13H16N4/c1-10(7-14)17-12-8-15-13(16-9-12)11-5-3-2-4-6-11/h2-6,8-10,17H,7,14H2,1H3. The largest absolute Gasteiger partial charge is 0.379 e. The van der Waals surface area contributed by atoms with Crippen LogP contribution in [0.2, 0.25) is 0 Å². The highest BCUT2D eigenvalue weighted by molar-refractivity contribution is 5.55. The maximum atomic E-state index is 5.54. The molecule has 88 valence electrons. The number of aromatic nitrogens is 2. The second-order valence-electron chi connectivity index (χ2n) is 3.94. The van der Waals surface area contributed by atoms with Crippen LogP contribution in [0, 0.1) is 0 Å². The van der Waals surface area contributed by atoms with Gasteiger partial charge in [0.2, 0.25) is 0 Å². The van der Waals surface area contributed by atoms with E-state index in [9.17, 15) is 0 Å². The summed E-state index contributed by atoms with van der Waals surface area (Å²) in [5.74, 6) is 0.733. The third-order valence-corrected chi connectivity index (χ3v) is 2.45. The molecule has 1 unspecified atom stereocenters. The van der Waals surface area contributed by atoms with Gasteiger partial charge in [-0.2, -0.15) is 0 Å². The number of rotatable bonds is 4. The fourth-order valence-corrected chi connectivity index (χ4v) is 1.48. The van der Waals surface area contributed by atoms with Crippen molar-refractivity contribution < 1.29 is 0 Å². The molecule has 0 spiro atoms. The summed E-state index contributed by atoms with van der Waals surface area (Å²) in [5, 5.41) is 3.22. The minimum atomic E-state index is 0.223. The molecule has 1 aromatic carbocycles. The molecule has 0 aliphatic rings. The molecule has 2 rings (SSSR count). The molecule has 3 N–H and O–H groups in total. The highest BCUT2D eigenvalue weighted by Gasteiger charge is 2.02. The van der Waals surface area contributed by atoms with E-state index < -0.39 is 0 Å². The molecule has 1 heterocycles. The fraction of sp³-hybridized carbons (Fsp3) is 0.231. The molecule has 1 atom stereocenters. The second-order valence-corrected chi connectivity index (χ2v) is 3.94. The van der Waals surface area contributed by atoms with Crippen molar-refractivity contribution in [2.24, 2.45) is 5.73 Å². The van der Waals surface area contributed by atoms with Crippen LogP contribution in [-0.2, 0) is 0 Å². The van der Waals surface area contributed by atoms with Gasteiger partial charge in [0.05, 0.1) is 18.1 Å². The van der Waals surface area contributed by atoms with E-state index in [2.05, 4.69) is 15.3 Å². The van der Waals surface area contributed by atoms with Crippen molar-refractivity contribution in [3.8, 4) is 11.4 Å². The minimum absolute atomic E-state index is 0.223. The van der Waals surface area contributed by atoms with Crippen LogP contribution >= 0.6 is 0 Å². The molecule has 1 aromatic heterocycles. The molecule has 2 aromatic rings. The van der Waals surface area contributed by atoms with E-state index in [1.165, 1.54) is 0 Å². The SMILES string of the molecule is CC(CN)Nc1cnc(-c2ccccc2)nc1. The molecule has 17 heavy (non-hydrogen) atoms. The first-order valence-electron chi connectivity index (χ1n) is 5.63. The quantitative estimate of drug-likeness (QED) is 0.839. The number of hydrogen-bond acceptors (Lipinski definition) is 4. The van der Waals surface area contributed by atoms with Gasteiger partial charge in [0.15, 0.2) is 5.82 Å². The second kappa shape index (κ2) is 5.41. The first-order valence-corrected chi connectivity index (χ1v) is 5.63. The summed E-state index contributed by atoms with van der Waals surface area (Å²) in [6.45, 7) is 2.60. The Kier molecular flexibility index (Phi) is 3.67. The molecule has 0 radical (unpaired) electrons. The van der Waals surface area contributed by atoms with Crippen LogP contribution in [0.5, 0.6) is 0 Å². The van der Waals surface area contributed by atoms with Crippen LogP contribution in [0.15, 0.2) is 42.7 Å². The van der Waals surface area contributed by atoms with E-state index in [-0.39, 0.29) is 6.04 Å². The van der Waals surface area contributed by atoms with E-state index in [1.807, 2.05) is 37.3 Å². The predicted molar refractivity (Wildman–Crippen MR) is 69.6 cm³/mol. The average Bonchev–Trinajstić information content (AvgIpc) is 2.40. The maximum absolute atomic E-state index is 5.54. The van der Waals surface area contributed by atoms with E-state index >= 15 is 0 Å². The zero-order valence-corrected chi connectivity index (χ0v) is 9.80. The van der Waals surface area contributed by atoms with Gasteiger partial charge in [-0.1, -0.05) is 30.3 Å². The number of nitrogens with one attached hydrogen (secondary N) is 1. The summed E-state index contributed by atoms with van der Waals surface area (Å²) in [6, 6.07) is 10.1.